The van der Waals surface area contributed by atoms with E-state index in [1.807, 2.05) is 18.2 Å². The lowest BCUT2D eigenvalue weighted by atomic mass is 9.89. The number of hydrogen-bond acceptors (Lipinski definition) is 6. The molecule has 0 saturated heterocycles. The normalized spacial score (nSPS) is 16.3. The van der Waals surface area contributed by atoms with Crippen molar-refractivity contribution in [2.24, 2.45) is 0 Å². The molecular formula is C21H24N4O3. The van der Waals surface area contributed by atoms with E-state index in [9.17, 15) is 4.79 Å². The number of aryl methyl sites for hydroxylation is 1. The molecule has 1 saturated carbocycles. The van der Waals surface area contributed by atoms with Crippen LogP contribution in [0.2, 0.25) is 0 Å². The summed E-state index contributed by atoms with van der Waals surface area (Å²) in [6.07, 6.45) is 9.19. The van der Waals surface area contributed by atoms with Gasteiger partial charge in [0.05, 0.1) is 0 Å². The van der Waals surface area contributed by atoms with Crippen LogP contribution in [0.4, 0.5) is 0 Å². The van der Waals surface area contributed by atoms with Gasteiger partial charge < -0.3 is 14.6 Å². The second-order valence-electron chi connectivity index (χ2n) is 6.97. The van der Waals surface area contributed by atoms with Gasteiger partial charge >= 0.3 is 0 Å². The molecule has 1 aliphatic carbocycles. The Kier molecular flexibility index (Phi) is 6.43. The van der Waals surface area contributed by atoms with E-state index in [1.54, 1.807) is 25.1 Å². The summed E-state index contributed by atoms with van der Waals surface area (Å²) in [4.78, 5) is 17.0. The maximum absolute atomic E-state index is 12.6. The standard InChI is InChI=1S/C21H24N4O3/c1-16-23-20(25-28-16)21(12-4-2-3-5-13-21)24-19(26)11-8-17-6-9-18(10-7-17)27-15-14-22/h6-11H,2-5,12-13,15H2,1H3,(H,24,26)/b11-8+. The number of carbonyl (C=O) groups is 1. The molecule has 1 N–H and O–H groups in total. The van der Waals surface area contributed by atoms with Gasteiger partial charge in [0, 0.05) is 13.0 Å². The minimum atomic E-state index is -0.579. The van der Waals surface area contributed by atoms with Crippen molar-refractivity contribution >= 4 is 12.0 Å². The average molecular weight is 380 g/mol. The number of hydrogen-bond donors (Lipinski definition) is 1. The second kappa shape index (κ2) is 9.18. The molecule has 1 aromatic carbocycles. The summed E-state index contributed by atoms with van der Waals surface area (Å²) in [5.74, 6) is 1.50. The molecule has 146 valence electrons. The Morgan fingerprint density at radius 3 is 2.61 bits per heavy atom. The van der Waals surface area contributed by atoms with Gasteiger partial charge in [-0.25, -0.2) is 0 Å². The Morgan fingerprint density at radius 1 is 1.29 bits per heavy atom. The first kappa shape index (κ1) is 19.6. The van der Waals surface area contributed by atoms with Gasteiger partial charge in [-0.05, 0) is 36.6 Å². The molecule has 1 aliphatic rings. The maximum Gasteiger partial charge on any atom is 0.244 e. The van der Waals surface area contributed by atoms with Crippen LogP contribution < -0.4 is 10.1 Å². The number of nitrogens with one attached hydrogen (secondary N) is 1. The average Bonchev–Trinajstić information content (AvgIpc) is 3.01. The number of benzene rings is 1. The molecule has 1 aromatic heterocycles. The van der Waals surface area contributed by atoms with Crippen molar-refractivity contribution in [3.63, 3.8) is 0 Å². The SMILES string of the molecule is Cc1nc(C2(NC(=O)/C=C/c3ccc(OCC#N)cc3)CCCCCC2)no1. The molecule has 1 fully saturated rings. The fraction of sp³-hybridized carbons (Fsp3) is 0.429. The monoisotopic (exact) mass is 380 g/mol. The summed E-state index contributed by atoms with van der Waals surface area (Å²) in [6, 6.07) is 9.13. The van der Waals surface area contributed by atoms with Crippen LogP contribution >= 0.6 is 0 Å². The smallest absolute Gasteiger partial charge is 0.244 e. The third-order valence-electron chi connectivity index (χ3n) is 4.89. The van der Waals surface area contributed by atoms with Crippen molar-refractivity contribution in [1.29, 1.82) is 5.26 Å². The van der Waals surface area contributed by atoms with Crippen LogP contribution in [-0.2, 0) is 10.3 Å². The van der Waals surface area contributed by atoms with Gasteiger partial charge in [0.25, 0.3) is 0 Å². The van der Waals surface area contributed by atoms with E-state index in [0.717, 1.165) is 44.1 Å². The van der Waals surface area contributed by atoms with Gasteiger partial charge in [0.1, 0.15) is 17.4 Å². The number of ether oxygens (including phenoxy) is 1. The van der Waals surface area contributed by atoms with E-state index in [0.29, 0.717) is 17.5 Å². The fourth-order valence-electron chi connectivity index (χ4n) is 3.47. The third-order valence-corrected chi connectivity index (χ3v) is 4.89. The second-order valence-corrected chi connectivity index (χ2v) is 6.97. The zero-order valence-corrected chi connectivity index (χ0v) is 16.0. The number of aromatic nitrogens is 2. The first-order valence-electron chi connectivity index (χ1n) is 9.52. The van der Waals surface area contributed by atoms with E-state index < -0.39 is 5.54 Å². The predicted molar refractivity (Wildman–Crippen MR) is 103 cm³/mol. The maximum atomic E-state index is 12.6. The van der Waals surface area contributed by atoms with Crippen LogP contribution in [-0.4, -0.2) is 22.7 Å². The fourth-order valence-corrected chi connectivity index (χ4v) is 3.47. The number of amides is 1. The van der Waals surface area contributed by atoms with Gasteiger partial charge in [-0.1, -0.05) is 43.0 Å². The lowest BCUT2D eigenvalue weighted by Gasteiger charge is -2.30. The molecular weight excluding hydrogens is 356 g/mol. The zero-order valence-electron chi connectivity index (χ0n) is 16.0. The highest BCUT2D eigenvalue weighted by atomic mass is 16.5. The third kappa shape index (κ3) is 4.97. The van der Waals surface area contributed by atoms with Crippen LogP contribution in [0.3, 0.4) is 0 Å². The minimum absolute atomic E-state index is 0.00916. The summed E-state index contributed by atoms with van der Waals surface area (Å²) in [7, 11) is 0. The summed E-state index contributed by atoms with van der Waals surface area (Å²) < 4.78 is 10.4. The van der Waals surface area contributed by atoms with Gasteiger partial charge in [-0.3, -0.25) is 4.79 Å². The Bertz CT molecular complexity index is 857. The van der Waals surface area contributed by atoms with Crippen molar-refractivity contribution in [1.82, 2.24) is 15.5 Å². The number of rotatable bonds is 6. The van der Waals surface area contributed by atoms with Crippen LogP contribution in [0.5, 0.6) is 5.75 Å². The first-order valence-corrected chi connectivity index (χ1v) is 9.52. The zero-order chi connectivity index (χ0) is 19.8. The summed E-state index contributed by atoms with van der Waals surface area (Å²) in [5, 5.41) is 15.8. The van der Waals surface area contributed by atoms with Crippen LogP contribution in [0.15, 0.2) is 34.9 Å². The molecule has 28 heavy (non-hydrogen) atoms. The Balaban J connectivity index is 1.70. The lowest BCUT2D eigenvalue weighted by Crippen LogP contribution is -2.45. The lowest BCUT2D eigenvalue weighted by molar-refractivity contribution is -0.118. The van der Waals surface area contributed by atoms with E-state index >= 15 is 0 Å². The molecule has 0 aliphatic heterocycles. The highest BCUT2D eigenvalue weighted by Gasteiger charge is 2.38. The molecule has 0 radical (unpaired) electrons. The van der Waals surface area contributed by atoms with Gasteiger partial charge in [-0.2, -0.15) is 10.2 Å². The Morgan fingerprint density at radius 2 is 2.00 bits per heavy atom. The quantitative estimate of drug-likeness (QED) is 0.606. The van der Waals surface area contributed by atoms with E-state index in [-0.39, 0.29) is 12.5 Å². The molecule has 0 atom stereocenters. The van der Waals surface area contributed by atoms with Crippen molar-refractivity contribution in [3.8, 4) is 11.8 Å². The molecule has 1 heterocycles. The van der Waals surface area contributed by atoms with Gasteiger partial charge in [0.2, 0.25) is 11.8 Å². The van der Waals surface area contributed by atoms with Crippen LogP contribution in [0.1, 0.15) is 55.8 Å². The van der Waals surface area contributed by atoms with Crippen LogP contribution in [0, 0.1) is 18.3 Å². The van der Waals surface area contributed by atoms with E-state index in [1.165, 1.54) is 6.08 Å². The molecule has 1 amide bonds. The number of nitriles is 1. The van der Waals surface area contributed by atoms with Gasteiger partial charge in [-0.15, -0.1) is 0 Å². The molecule has 3 rings (SSSR count). The highest BCUT2D eigenvalue weighted by molar-refractivity contribution is 5.92. The molecule has 0 bridgehead atoms. The summed E-state index contributed by atoms with van der Waals surface area (Å²) >= 11 is 0. The molecule has 0 spiro atoms. The van der Waals surface area contributed by atoms with Crippen molar-refractivity contribution in [2.75, 3.05) is 6.61 Å². The number of carbonyl (C=O) groups excluding carboxylic acids is 1. The van der Waals surface area contributed by atoms with Gasteiger partial charge in [0.15, 0.2) is 12.4 Å². The summed E-state index contributed by atoms with van der Waals surface area (Å²) in [6.45, 7) is 1.77. The predicted octanol–water partition coefficient (Wildman–Crippen LogP) is 3.66. The van der Waals surface area contributed by atoms with E-state index in [2.05, 4.69) is 15.5 Å². The molecule has 7 nitrogen and oxygen atoms in total. The molecule has 2 aromatic rings. The van der Waals surface area contributed by atoms with E-state index in [4.69, 9.17) is 14.5 Å². The minimum Gasteiger partial charge on any atom is -0.479 e. The first-order chi connectivity index (χ1) is 13.6. The highest BCUT2D eigenvalue weighted by Crippen LogP contribution is 2.34. The largest absolute Gasteiger partial charge is 0.479 e. The molecule has 0 unspecified atom stereocenters. The van der Waals surface area contributed by atoms with Crippen molar-refractivity contribution < 1.29 is 14.1 Å². The Hall–Kier alpha value is -3.14. The topological polar surface area (TPSA) is 101 Å². The van der Waals surface area contributed by atoms with Crippen LogP contribution in [0.25, 0.3) is 6.08 Å². The molecule has 7 heteroatoms. The van der Waals surface area contributed by atoms with Crippen molar-refractivity contribution in [3.05, 3.63) is 47.6 Å². The van der Waals surface area contributed by atoms with Crippen molar-refractivity contribution in [2.45, 2.75) is 51.0 Å². The summed E-state index contributed by atoms with van der Waals surface area (Å²) in [5.41, 5.74) is 0.287. The Labute approximate surface area is 164 Å². The number of nitrogens with zero attached hydrogens (tertiary/aromatic N) is 3.